The van der Waals surface area contributed by atoms with Gasteiger partial charge in [-0.2, -0.15) is 0 Å². The highest BCUT2D eigenvalue weighted by Crippen LogP contribution is 2.41. The van der Waals surface area contributed by atoms with Crippen LogP contribution in [0.5, 0.6) is 0 Å². The second kappa shape index (κ2) is 9.90. The molecule has 4 rings (SSSR count). The molecule has 1 aromatic heterocycles. The van der Waals surface area contributed by atoms with E-state index in [0.29, 0.717) is 13.2 Å². The number of carbonyl (C=O) groups excluding carboxylic acids is 1. The summed E-state index contributed by atoms with van der Waals surface area (Å²) in [4.78, 5) is 17.2. The SMILES string of the molecule is COCCNC(=O)c1cc2c(s1)CCc1ccccc1C2=C1CCN(C)CC1.Cl. The van der Waals surface area contributed by atoms with E-state index in [4.69, 9.17) is 4.74 Å². The fourth-order valence-corrected chi connectivity index (χ4v) is 5.27. The van der Waals surface area contributed by atoms with Crippen LogP contribution < -0.4 is 5.32 Å². The normalized spacial score (nSPS) is 16.5. The highest BCUT2D eigenvalue weighted by molar-refractivity contribution is 7.14. The lowest BCUT2D eigenvalue weighted by Gasteiger charge is -2.27. The van der Waals surface area contributed by atoms with Crippen LogP contribution in [0.15, 0.2) is 35.9 Å². The maximum Gasteiger partial charge on any atom is 0.261 e. The Labute approximate surface area is 183 Å². The lowest BCUT2D eigenvalue weighted by atomic mass is 9.87. The molecular formula is C23H29ClN2O2S. The number of benzene rings is 1. The monoisotopic (exact) mass is 432 g/mol. The number of nitrogens with zero attached hydrogens (tertiary/aromatic N) is 1. The summed E-state index contributed by atoms with van der Waals surface area (Å²) in [6.45, 7) is 3.28. The Hall–Kier alpha value is -1.66. The van der Waals surface area contributed by atoms with Crippen LogP contribution in [-0.2, 0) is 17.6 Å². The maximum atomic E-state index is 12.6. The van der Waals surface area contributed by atoms with Crippen LogP contribution in [-0.4, -0.2) is 51.2 Å². The van der Waals surface area contributed by atoms with Gasteiger partial charge in [0.2, 0.25) is 0 Å². The zero-order valence-electron chi connectivity index (χ0n) is 17.1. The second-order valence-electron chi connectivity index (χ2n) is 7.64. The van der Waals surface area contributed by atoms with Crippen molar-refractivity contribution in [2.75, 3.05) is 40.4 Å². The molecule has 4 nitrogen and oxygen atoms in total. The van der Waals surface area contributed by atoms with Crippen molar-refractivity contribution in [3.05, 3.63) is 62.3 Å². The molecule has 0 radical (unpaired) electrons. The molecule has 2 aromatic rings. The number of likely N-dealkylation sites (tertiary alicyclic amines) is 1. The van der Waals surface area contributed by atoms with Gasteiger partial charge in [0.1, 0.15) is 0 Å². The Kier molecular flexibility index (Phi) is 7.52. The first kappa shape index (κ1) is 22.0. The van der Waals surface area contributed by atoms with Crippen molar-refractivity contribution in [2.24, 2.45) is 0 Å². The number of methoxy groups -OCH3 is 1. The number of halogens is 1. The van der Waals surface area contributed by atoms with Crippen LogP contribution in [0.25, 0.3) is 5.57 Å². The molecule has 1 aliphatic heterocycles. The van der Waals surface area contributed by atoms with E-state index < -0.39 is 0 Å². The van der Waals surface area contributed by atoms with Gasteiger partial charge in [-0.15, -0.1) is 23.7 Å². The Balaban J connectivity index is 0.00000240. The van der Waals surface area contributed by atoms with Crippen molar-refractivity contribution in [1.29, 1.82) is 0 Å². The number of fused-ring (bicyclic) bond motifs is 2. The van der Waals surface area contributed by atoms with E-state index >= 15 is 0 Å². The first-order valence-corrected chi connectivity index (χ1v) is 10.9. The number of amides is 1. The third-order valence-corrected chi connectivity index (χ3v) is 6.94. The number of rotatable bonds is 4. The fraction of sp³-hybridized carbons (Fsp3) is 0.435. The topological polar surface area (TPSA) is 41.6 Å². The second-order valence-corrected chi connectivity index (χ2v) is 8.77. The molecule has 156 valence electrons. The van der Waals surface area contributed by atoms with E-state index in [1.807, 2.05) is 0 Å². The Morgan fingerprint density at radius 2 is 1.90 bits per heavy atom. The molecule has 1 N–H and O–H groups in total. The molecule has 29 heavy (non-hydrogen) atoms. The van der Waals surface area contributed by atoms with Crippen molar-refractivity contribution >= 4 is 35.2 Å². The number of piperidine rings is 1. The summed E-state index contributed by atoms with van der Waals surface area (Å²) in [5.41, 5.74) is 7.01. The average molecular weight is 433 g/mol. The van der Waals surface area contributed by atoms with Crippen molar-refractivity contribution in [2.45, 2.75) is 25.7 Å². The molecule has 1 saturated heterocycles. The van der Waals surface area contributed by atoms with Crippen molar-refractivity contribution < 1.29 is 9.53 Å². The van der Waals surface area contributed by atoms with Crippen LogP contribution >= 0.6 is 23.7 Å². The summed E-state index contributed by atoms with van der Waals surface area (Å²) < 4.78 is 5.05. The standard InChI is InChI=1S/C23H28N2O2S.ClH/c1-25-12-9-17(10-13-25)22-18-6-4-3-5-16(18)7-8-20-19(22)15-21(28-20)23(26)24-11-14-27-2;/h3-6,15H,7-14H2,1-2H3,(H,24,26);1H. The van der Waals surface area contributed by atoms with Gasteiger partial charge in [0.05, 0.1) is 11.5 Å². The number of aryl methyl sites for hydroxylation is 2. The molecule has 2 aliphatic rings. The van der Waals surface area contributed by atoms with Gasteiger partial charge in [-0.05, 0) is 61.1 Å². The molecule has 0 atom stereocenters. The Morgan fingerprint density at radius 3 is 2.66 bits per heavy atom. The molecule has 0 unspecified atom stereocenters. The summed E-state index contributed by atoms with van der Waals surface area (Å²) >= 11 is 1.66. The van der Waals surface area contributed by atoms with E-state index in [1.165, 1.54) is 32.7 Å². The number of ether oxygens (including phenoxy) is 1. The highest BCUT2D eigenvalue weighted by Gasteiger charge is 2.26. The lowest BCUT2D eigenvalue weighted by Crippen LogP contribution is -2.27. The van der Waals surface area contributed by atoms with Crippen molar-refractivity contribution in [1.82, 2.24) is 10.2 Å². The first-order valence-electron chi connectivity index (χ1n) is 10.1. The fourth-order valence-electron chi connectivity index (χ4n) is 4.19. The minimum absolute atomic E-state index is 0. The zero-order valence-corrected chi connectivity index (χ0v) is 18.8. The molecule has 1 fully saturated rings. The largest absolute Gasteiger partial charge is 0.383 e. The van der Waals surface area contributed by atoms with Gasteiger partial charge >= 0.3 is 0 Å². The maximum absolute atomic E-state index is 12.6. The third kappa shape index (κ3) is 4.75. The van der Waals surface area contributed by atoms with Gasteiger partial charge < -0.3 is 15.0 Å². The summed E-state index contributed by atoms with van der Waals surface area (Å²) in [5.74, 6) is 0.0103. The van der Waals surface area contributed by atoms with Gasteiger partial charge in [0.15, 0.2) is 0 Å². The first-order chi connectivity index (χ1) is 13.7. The summed E-state index contributed by atoms with van der Waals surface area (Å²) in [7, 11) is 3.85. The smallest absolute Gasteiger partial charge is 0.261 e. The lowest BCUT2D eigenvalue weighted by molar-refractivity contribution is 0.0941. The van der Waals surface area contributed by atoms with E-state index in [0.717, 1.165) is 43.6 Å². The van der Waals surface area contributed by atoms with E-state index in [1.54, 1.807) is 18.4 Å². The number of carbonyl (C=O) groups is 1. The summed E-state index contributed by atoms with van der Waals surface area (Å²) in [5, 5.41) is 2.97. The minimum Gasteiger partial charge on any atom is -0.383 e. The van der Waals surface area contributed by atoms with Crippen LogP contribution in [0.3, 0.4) is 0 Å². The highest BCUT2D eigenvalue weighted by atomic mass is 35.5. The van der Waals surface area contributed by atoms with Crippen LogP contribution in [0.1, 0.15) is 44.1 Å². The summed E-state index contributed by atoms with van der Waals surface area (Å²) in [6, 6.07) is 10.9. The molecule has 1 amide bonds. The van der Waals surface area contributed by atoms with E-state index in [2.05, 4.69) is 47.6 Å². The predicted octanol–water partition coefficient (Wildman–Crippen LogP) is 4.17. The third-order valence-electron chi connectivity index (χ3n) is 5.75. The van der Waals surface area contributed by atoms with Gasteiger partial charge in [0, 0.05) is 31.6 Å². The van der Waals surface area contributed by atoms with Crippen molar-refractivity contribution in [3.63, 3.8) is 0 Å². The van der Waals surface area contributed by atoms with E-state index in [-0.39, 0.29) is 18.3 Å². The van der Waals surface area contributed by atoms with Gasteiger partial charge in [-0.25, -0.2) is 0 Å². The Morgan fingerprint density at radius 1 is 1.14 bits per heavy atom. The number of hydrogen-bond acceptors (Lipinski definition) is 4. The number of hydrogen-bond donors (Lipinski definition) is 1. The molecule has 2 heterocycles. The average Bonchev–Trinajstić information content (AvgIpc) is 3.06. The molecular weight excluding hydrogens is 404 g/mol. The van der Waals surface area contributed by atoms with Crippen LogP contribution in [0, 0.1) is 0 Å². The number of thiophene rings is 1. The van der Waals surface area contributed by atoms with E-state index in [9.17, 15) is 4.79 Å². The molecule has 1 aromatic carbocycles. The number of nitrogens with one attached hydrogen (secondary N) is 1. The predicted molar refractivity (Wildman–Crippen MR) is 122 cm³/mol. The summed E-state index contributed by atoms with van der Waals surface area (Å²) in [6.07, 6.45) is 4.24. The zero-order chi connectivity index (χ0) is 19.5. The molecule has 0 bridgehead atoms. The molecule has 0 spiro atoms. The van der Waals surface area contributed by atoms with Crippen LogP contribution in [0.4, 0.5) is 0 Å². The quantitative estimate of drug-likeness (QED) is 0.737. The molecule has 1 aliphatic carbocycles. The Bertz CT molecular complexity index is 896. The molecule has 6 heteroatoms. The van der Waals surface area contributed by atoms with Crippen molar-refractivity contribution in [3.8, 4) is 0 Å². The van der Waals surface area contributed by atoms with Crippen LogP contribution in [0.2, 0.25) is 0 Å². The minimum atomic E-state index is 0. The molecule has 0 saturated carbocycles. The van der Waals surface area contributed by atoms with Gasteiger partial charge in [-0.1, -0.05) is 29.8 Å². The van der Waals surface area contributed by atoms with Gasteiger partial charge in [0.25, 0.3) is 5.91 Å². The van der Waals surface area contributed by atoms with Gasteiger partial charge in [-0.3, -0.25) is 4.79 Å².